The Labute approximate surface area is 195 Å². The van der Waals surface area contributed by atoms with Gasteiger partial charge in [-0.1, -0.05) is 42.5 Å². The van der Waals surface area contributed by atoms with Crippen molar-refractivity contribution in [1.82, 2.24) is 15.2 Å². The summed E-state index contributed by atoms with van der Waals surface area (Å²) in [6, 6.07) is 23.0. The Morgan fingerprint density at radius 1 is 1.03 bits per heavy atom. The Hall–Kier alpha value is -3.38. The normalized spacial score (nSPS) is 14.9. The van der Waals surface area contributed by atoms with Crippen molar-refractivity contribution in [1.29, 1.82) is 0 Å². The molecule has 2 aromatic carbocycles. The van der Waals surface area contributed by atoms with Crippen molar-refractivity contribution >= 4 is 5.91 Å². The SMILES string of the molecule is COc1ccccc1[C@H](c1ccccn1)N(CCOc1ccccc1)C(=O)C1CCNCC1. The van der Waals surface area contributed by atoms with E-state index >= 15 is 0 Å². The summed E-state index contributed by atoms with van der Waals surface area (Å²) in [5, 5.41) is 3.36. The fourth-order valence-corrected chi connectivity index (χ4v) is 4.37. The molecule has 1 amide bonds. The molecule has 6 nitrogen and oxygen atoms in total. The third-order valence-electron chi connectivity index (χ3n) is 6.03. The predicted molar refractivity (Wildman–Crippen MR) is 128 cm³/mol. The second-order valence-electron chi connectivity index (χ2n) is 8.12. The van der Waals surface area contributed by atoms with Gasteiger partial charge in [-0.3, -0.25) is 9.78 Å². The van der Waals surface area contributed by atoms with Crippen LogP contribution in [0.3, 0.4) is 0 Å². The van der Waals surface area contributed by atoms with E-state index < -0.39 is 0 Å². The molecule has 1 aliphatic rings. The monoisotopic (exact) mass is 445 g/mol. The number of hydrogen-bond donors (Lipinski definition) is 1. The standard InChI is InChI=1S/C27H31N3O3/c1-32-25-13-6-5-11-23(25)26(24-12-7-8-16-29-24)30(27(31)21-14-17-28-18-15-21)19-20-33-22-9-3-2-4-10-22/h2-13,16,21,26,28H,14-15,17-20H2,1H3/t26-/m1/s1. The highest BCUT2D eigenvalue weighted by atomic mass is 16.5. The Morgan fingerprint density at radius 3 is 2.48 bits per heavy atom. The molecule has 0 saturated carbocycles. The zero-order valence-corrected chi connectivity index (χ0v) is 19.0. The van der Waals surface area contributed by atoms with E-state index in [0.717, 1.165) is 48.7 Å². The van der Waals surface area contributed by atoms with Crippen LogP contribution in [0.4, 0.5) is 0 Å². The molecule has 2 heterocycles. The van der Waals surface area contributed by atoms with Crippen LogP contribution in [-0.4, -0.2) is 49.1 Å². The molecule has 6 heteroatoms. The maximum Gasteiger partial charge on any atom is 0.226 e. The van der Waals surface area contributed by atoms with Gasteiger partial charge in [-0.2, -0.15) is 0 Å². The number of para-hydroxylation sites is 2. The van der Waals surface area contributed by atoms with Gasteiger partial charge in [0.15, 0.2) is 0 Å². The summed E-state index contributed by atoms with van der Waals surface area (Å²) >= 11 is 0. The van der Waals surface area contributed by atoms with Crippen LogP contribution >= 0.6 is 0 Å². The highest BCUT2D eigenvalue weighted by molar-refractivity contribution is 5.80. The number of rotatable bonds is 9. The number of carbonyl (C=O) groups excluding carboxylic acids is 1. The third kappa shape index (κ3) is 5.71. The molecular weight excluding hydrogens is 414 g/mol. The molecule has 4 rings (SSSR count). The number of benzene rings is 2. The number of pyridine rings is 1. The Morgan fingerprint density at radius 2 is 1.76 bits per heavy atom. The smallest absolute Gasteiger partial charge is 0.226 e. The first-order valence-corrected chi connectivity index (χ1v) is 11.5. The number of amides is 1. The van der Waals surface area contributed by atoms with E-state index in [-0.39, 0.29) is 17.9 Å². The summed E-state index contributed by atoms with van der Waals surface area (Å²) in [4.78, 5) is 20.5. The number of methoxy groups -OCH3 is 1. The molecular formula is C27H31N3O3. The molecule has 1 atom stereocenters. The number of piperidine rings is 1. The van der Waals surface area contributed by atoms with Crippen molar-refractivity contribution in [2.75, 3.05) is 33.4 Å². The number of hydrogen-bond acceptors (Lipinski definition) is 5. The summed E-state index contributed by atoms with van der Waals surface area (Å²) in [5.41, 5.74) is 1.73. The van der Waals surface area contributed by atoms with E-state index in [9.17, 15) is 4.79 Å². The van der Waals surface area contributed by atoms with Gasteiger partial charge in [0.05, 0.1) is 19.3 Å². The van der Waals surface area contributed by atoms with E-state index in [0.29, 0.717) is 13.2 Å². The van der Waals surface area contributed by atoms with Gasteiger partial charge in [-0.05, 0) is 56.3 Å². The lowest BCUT2D eigenvalue weighted by atomic mass is 9.93. The maximum atomic E-state index is 13.9. The van der Waals surface area contributed by atoms with E-state index in [4.69, 9.17) is 9.47 Å². The summed E-state index contributed by atoms with van der Waals surface area (Å²) in [7, 11) is 1.66. The van der Waals surface area contributed by atoms with Crippen molar-refractivity contribution < 1.29 is 14.3 Å². The number of carbonyl (C=O) groups is 1. The van der Waals surface area contributed by atoms with Gasteiger partial charge < -0.3 is 19.7 Å². The van der Waals surface area contributed by atoms with Gasteiger partial charge in [0, 0.05) is 17.7 Å². The van der Waals surface area contributed by atoms with E-state index in [1.807, 2.05) is 77.7 Å². The first-order valence-electron chi connectivity index (χ1n) is 11.5. The predicted octanol–water partition coefficient (Wildman–Crippen LogP) is 4.09. The van der Waals surface area contributed by atoms with Gasteiger partial charge in [0.2, 0.25) is 5.91 Å². The second kappa shape index (κ2) is 11.5. The minimum atomic E-state index is -0.371. The van der Waals surface area contributed by atoms with Crippen LogP contribution in [0.15, 0.2) is 79.0 Å². The molecule has 1 aromatic heterocycles. The molecule has 0 radical (unpaired) electrons. The third-order valence-corrected chi connectivity index (χ3v) is 6.03. The highest BCUT2D eigenvalue weighted by Gasteiger charge is 2.34. The fraction of sp³-hybridized carbons (Fsp3) is 0.333. The van der Waals surface area contributed by atoms with Gasteiger partial charge >= 0.3 is 0 Å². The molecule has 0 aliphatic carbocycles. The molecule has 0 bridgehead atoms. The van der Waals surface area contributed by atoms with Crippen LogP contribution in [0, 0.1) is 5.92 Å². The van der Waals surface area contributed by atoms with Crippen molar-refractivity contribution in [3.63, 3.8) is 0 Å². The first kappa shape index (κ1) is 22.8. The quantitative estimate of drug-likeness (QED) is 0.538. The van der Waals surface area contributed by atoms with Crippen molar-refractivity contribution in [3.8, 4) is 11.5 Å². The van der Waals surface area contributed by atoms with Crippen LogP contribution in [0.1, 0.15) is 30.1 Å². The summed E-state index contributed by atoms with van der Waals surface area (Å²) in [5.74, 6) is 1.64. The van der Waals surface area contributed by atoms with Gasteiger partial charge in [0.1, 0.15) is 24.1 Å². The minimum Gasteiger partial charge on any atom is -0.496 e. The van der Waals surface area contributed by atoms with E-state index in [1.165, 1.54) is 0 Å². The van der Waals surface area contributed by atoms with Gasteiger partial charge in [-0.15, -0.1) is 0 Å². The number of nitrogens with one attached hydrogen (secondary N) is 1. The number of ether oxygens (including phenoxy) is 2. The maximum absolute atomic E-state index is 13.9. The summed E-state index contributed by atoms with van der Waals surface area (Å²) in [6.07, 6.45) is 3.43. The van der Waals surface area contributed by atoms with Crippen LogP contribution < -0.4 is 14.8 Å². The van der Waals surface area contributed by atoms with Crippen molar-refractivity contribution in [3.05, 3.63) is 90.3 Å². The Bertz CT molecular complexity index is 1010. The van der Waals surface area contributed by atoms with Crippen LogP contribution in [-0.2, 0) is 4.79 Å². The van der Waals surface area contributed by atoms with Crippen molar-refractivity contribution in [2.24, 2.45) is 5.92 Å². The molecule has 172 valence electrons. The molecule has 0 spiro atoms. The average molecular weight is 446 g/mol. The molecule has 1 fully saturated rings. The molecule has 33 heavy (non-hydrogen) atoms. The summed E-state index contributed by atoms with van der Waals surface area (Å²) in [6.45, 7) is 2.54. The zero-order valence-electron chi connectivity index (χ0n) is 19.0. The van der Waals surface area contributed by atoms with E-state index in [2.05, 4.69) is 10.3 Å². The average Bonchev–Trinajstić information content (AvgIpc) is 2.89. The first-order chi connectivity index (χ1) is 16.3. The zero-order chi connectivity index (χ0) is 22.9. The van der Waals surface area contributed by atoms with Crippen LogP contribution in [0.25, 0.3) is 0 Å². The lowest BCUT2D eigenvalue weighted by Crippen LogP contribution is -2.45. The number of aromatic nitrogens is 1. The fourth-order valence-electron chi connectivity index (χ4n) is 4.37. The van der Waals surface area contributed by atoms with Crippen molar-refractivity contribution in [2.45, 2.75) is 18.9 Å². The van der Waals surface area contributed by atoms with Gasteiger partial charge in [0.25, 0.3) is 0 Å². The number of nitrogens with zero attached hydrogens (tertiary/aromatic N) is 2. The Balaban J connectivity index is 1.69. The highest BCUT2D eigenvalue weighted by Crippen LogP contribution is 2.35. The lowest BCUT2D eigenvalue weighted by molar-refractivity contribution is -0.138. The minimum absolute atomic E-state index is 0.0242. The molecule has 3 aromatic rings. The second-order valence-corrected chi connectivity index (χ2v) is 8.12. The molecule has 1 saturated heterocycles. The molecule has 1 aliphatic heterocycles. The Kier molecular flexibility index (Phi) is 7.93. The van der Waals surface area contributed by atoms with Gasteiger partial charge in [-0.25, -0.2) is 0 Å². The molecule has 0 unspecified atom stereocenters. The topological polar surface area (TPSA) is 63.7 Å². The lowest BCUT2D eigenvalue weighted by Gasteiger charge is -2.36. The summed E-state index contributed by atoms with van der Waals surface area (Å²) < 4.78 is 11.7. The van der Waals surface area contributed by atoms with Crippen LogP contribution in [0.5, 0.6) is 11.5 Å². The largest absolute Gasteiger partial charge is 0.496 e. The van der Waals surface area contributed by atoms with Crippen LogP contribution in [0.2, 0.25) is 0 Å². The molecule has 1 N–H and O–H groups in total. The van der Waals surface area contributed by atoms with E-state index in [1.54, 1.807) is 13.3 Å².